The van der Waals surface area contributed by atoms with Gasteiger partial charge in [-0.15, -0.1) is 0 Å². The summed E-state index contributed by atoms with van der Waals surface area (Å²) in [6, 6.07) is 10.1. The lowest BCUT2D eigenvalue weighted by Crippen LogP contribution is -2.40. The maximum absolute atomic E-state index is 12.5. The summed E-state index contributed by atoms with van der Waals surface area (Å²) >= 11 is 0. The molecule has 9 heteroatoms. The van der Waals surface area contributed by atoms with Crippen LogP contribution in [0.15, 0.2) is 42.5 Å². The van der Waals surface area contributed by atoms with Crippen LogP contribution in [0.5, 0.6) is 11.5 Å². The Morgan fingerprint density at radius 3 is 2.22 bits per heavy atom. The average molecular weight is 439 g/mol. The Kier molecular flexibility index (Phi) is 6.77. The maximum atomic E-state index is 12.5. The molecule has 0 aromatic heterocycles. The summed E-state index contributed by atoms with van der Waals surface area (Å²) in [5, 5.41) is 14.6. The Labute approximate surface area is 185 Å². The first-order valence-corrected chi connectivity index (χ1v) is 10.2. The van der Waals surface area contributed by atoms with Gasteiger partial charge in [-0.1, -0.05) is 0 Å². The number of nitrogens with zero attached hydrogens (tertiary/aromatic N) is 1. The molecular weight excluding hydrogens is 414 g/mol. The fourth-order valence-corrected chi connectivity index (χ4v) is 3.26. The van der Waals surface area contributed by atoms with Crippen LogP contribution in [0.1, 0.15) is 51.8 Å². The summed E-state index contributed by atoms with van der Waals surface area (Å²) in [7, 11) is 0. The molecule has 0 saturated carbocycles. The fourth-order valence-electron chi connectivity index (χ4n) is 3.26. The highest BCUT2D eigenvalue weighted by Gasteiger charge is 2.37. The monoisotopic (exact) mass is 439 g/mol. The van der Waals surface area contributed by atoms with Gasteiger partial charge in [-0.05, 0) is 63.2 Å². The van der Waals surface area contributed by atoms with Crippen molar-refractivity contribution >= 4 is 23.6 Å². The van der Waals surface area contributed by atoms with E-state index in [0.29, 0.717) is 5.75 Å². The van der Waals surface area contributed by atoms with Crippen molar-refractivity contribution in [1.82, 2.24) is 15.5 Å². The zero-order valence-corrected chi connectivity index (χ0v) is 18.0. The van der Waals surface area contributed by atoms with Crippen molar-refractivity contribution in [3.05, 3.63) is 59.2 Å². The fraction of sp³-hybridized carbons (Fsp3) is 0.304. The molecule has 1 unspecified atom stereocenters. The van der Waals surface area contributed by atoms with Crippen molar-refractivity contribution in [2.24, 2.45) is 0 Å². The van der Waals surface area contributed by atoms with Gasteiger partial charge in [0.1, 0.15) is 11.5 Å². The first-order chi connectivity index (χ1) is 15.2. The lowest BCUT2D eigenvalue weighted by atomic mass is 10.1. The Balaban J connectivity index is 1.48. The van der Waals surface area contributed by atoms with Gasteiger partial charge in [0.15, 0.2) is 6.10 Å². The molecule has 4 amide bonds. The van der Waals surface area contributed by atoms with E-state index in [1.54, 1.807) is 32.9 Å². The zero-order valence-electron chi connectivity index (χ0n) is 18.0. The summed E-state index contributed by atoms with van der Waals surface area (Å²) in [6.45, 7) is 5.43. The molecule has 1 atom stereocenters. The third-order valence-electron chi connectivity index (χ3n) is 4.93. The van der Waals surface area contributed by atoms with Crippen molar-refractivity contribution in [2.75, 3.05) is 13.1 Å². The average Bonchev–Trinajstić information content (AvgIpc) is 3.02. The molecule has 0 spiro atoms. The van der Waals surface area contributed by atoms with Gasteiger partial charge < -0.3 is 20.5 Å². The maximum Gasteiger partial charge on any atom is 0.261 e. The number of phenols is 1. The molecule has 0 bridgehead atoms. The van der Waals surface area contributed by atoms with E-state index in [4.69, 9.17) is 4.74 Å². The Bertz CT molecular complexity index is 1050. The third-order valence-corrected chi connectivity index (χ3v) is 4.93. The first-order valence-electron chi connectivity index (χ1n) is 10.2. The highest BCUT2D eigenvalue weighted by atomic mass is 16.5. The number of phenolic OH excluding ortho intramolecular Hbond substituents is 1. The van der Waals surface area contributed by atoms with Gasteiger partial charge in [-0.3, -0.25) is 24.1 Å². The summed E-state index contributed by atoms with van der Waals surface area (Å²) < 4.78 is 5.49. The molecule has 32 heavy (non-hydrogen) atoms. The van der Waals surface area contributed by atoms with Crippen LogP contribution < -0.4 is 15.4 Å². The van der Waals surface area contributed by atoms with Crippen LogP contribution in [0.25, 0.3) is 0 Å². The number of benzene rings is 2. The predicted octanol–water partition coefficient (Wildman–Crippen LogP) is 1.71. The minimum Gasteiger partial charge on any atom is -0.508 e. The van der Waals surface area contributed by atoms with Crippen LogP contribution in [-0.2, 0) is 4.79 Å². The quantitative estimate of drug-likeness (QED) is 0.425. The number of ether oxygens (including phenoxy) is 1. The van der Waals surface area contributed by atoms with E-state index in [-0.39, 0.29) is 53.4 Å². The second-order valence-electron chi connectivity index (χ2n) is 7.64. The molecule has 1 aliphatic heterocycles. The Morgan fingerprint density at radius 2 is 1.56 bits per heavy atom. The number of hydrogen-bond acceptors (Lipinski definition) is 6. The number of carbonyl (C=O) groups excluding carboxylic acids is 4. The van der Waals surface area contributed by atoms with Gasteiger partial charge >= 0.3 is 0 Å². The van der Waals surface area contributed by atoms with Crippen molar-refractivity contribution in [3.63, 3.8) is 0 Å². The van der Waals surface area contributed by atoms with Crippen molar-refractivity contribution < 1.29 is 29.0 Å². The molecule has 0 fully saturated rings. The summed E-state index contributed by atoms with van der Waals surface area (Å²) in [4.78, 5) is 50.5. The molecule has 1 heterocycles. The number of amides is 4. The van der Waals surface area contributed by atoms with Crippen LogP contribution in [0, 0.1) is 0 Å². The van der Waals surface area contributed by atoms with E-state index in [0.717, 1.165) is 0 Å². The number of imide groups is 1. The third kappa shape index (κ3) is 4.88. The minimum atomic E-state index is -0.764. The van der Waals surface area contributed by atoms with Crippen molar-refractivity contribution in [2.45, 2.75) is 32.9 Å². The van der Waals surface area contributed by atoms with E-state index in [1.807, 2.05) is 0 Å². The topological polar surface area (TPSA) is 125 Å². The predicted molar refractivity (Wildman–Crippen MR) is 116 cm³/mol. The van der Waals surface area contributed by atoms with Gasteiger partial charge in [0.25, 0.3) is 23.6 Å². The molecule has 0 saturated heterocycles. The normalized spacial score (nSPS) is 13.7. The van der Waals surface area contributed by atoms with Crippen LogP contribution in [0.2, 0.25) is 0 Å². The van der Waals surface area contributed by atoms with Crippen LogP contribution in [-0.4, -0.2) is 58.9 Å². The number of hydrogen-bond donors (Lipinski definition) is 3. The molecule has 0 radical (unpaired) electrons. The van der Waals surface area contributed by atoms with Crippen LogP contribution in [0.3, 0.4) is 0 Å². The van der Waals surface area contributed by atoms with Gasteiger partial charge in [0, 0.05) is 24.7 Å². The van der Waals surface area contributed by atoms with Crippen molar-refractivity contribution in [1.29, 1.82) is 0 Å². The smallest absolute Gasteiger partial charge is 0.261 e. The first kappa shape index (κ1) is 22.8. The molecule has 9 nitrogen and oxygen atoms in total. The number of carbonyl (C=O) groups is 4. The summed E-state index contributed by atoms with van der Waals surface area (Å²) in [5.74, 6) is -1.01. The van der Waals surface area contributed by atoms with Crippen molar-refractivity contribution in [3.8, 4) is 11.5 Å². The Hall–Kier alpha value is -3.88. The van der Waals surface area contributed by atoms with Crippen LogP contribution >= 0.6 is 0 Å². The lowest BCUT2D eigenvalue weighted by molar-refractivity contribution is -0.127. The highest BCUT2D eigenvalue weighted by Crippen LogP contribution is 2.25. The number of nitrogens with one attached hydrogen (secondary N) is 2. The summed E-state index contributed by atoms with van der Waals surface area (Å²) in [6.07, 6.45) is -0.764. The zero-order chi connectivity index (χ0) is 23.4. The highest BCUT2D eigenvalue weighted by molar-refractivity contribution is 6.22. The van der Waals surface area contributed by atoms with E-state index in [2.05, 4.69) is 10.6 Å². The van der Waals surface area contributed by atoms with E-state index in [1.165, 1.54) is 35.2 Å². The lowest BCUT2D eigenvalue weighted by Gasteiger charge is -2.17. The molecule has 168 valence electrons. The molecule has 1 aliphatic rings. The molecule has 0 aliphatic carbocycles. The standard InChI is InChI=1S/C23H25N3O6/c1-13(2)26-22(30)18-9-4-15(12-19(18)23(26)31)21(29)25-11-10-24-20(28)14(3)32-17-7-5-16(27)6-8-17/h4-9,12-14,27H,10-11H2,1-3H3,(H,24,28)(H,25,29). The number of aromatic hydroxyl groups is 1. The molecular formula is C23H25N3O6. The summed E-state index contributed by atoms with van der Waals surface area (Å²) in [5.41, 5.74) is 0.755. The largest absolute Gasteiger partial charge is 0.508 e. The number of rotatable bonds is 8. The van der Waals surface area contributed by atoms with Gasteiger partial charge in [0.05, 0.1) is 11.1 Å². The van der Waals surface area contributed by atoms with E-state index >= 15 is 0 Å². The minimum absolute atomic E-state index is 0.0989. The van der Waals surface area contributed by atoms with E-state index < -0.39 is 17.9 Å². The van der Waals surface area contributed by atoms with Gasteiger partial charge in [0.2, 0.25) is 0 Å². The molecule has 2 aromatic carbocycles. The second-order valence-corrected chi connectivity index (χ2v) is 7.64. The molecule has 2 aromatic rings. The van der Waals surface area contributed by atoms with E-state index in [9.17, 15) is 24.3 Å². The van der Waals surface area contributed by atoms with Gasteiger partial charge in [-0.25, -0.2) is 0 Å². The molecule has 3 N–H and O–H groups in total. The van der Waals surface area contributed by atoms with Gasteiger partial charge in [-0.2, -0.15) is 0 Å². The van der Waals surface area contributed by atoms with Crippen LogP contribution in [0.4, 0.5) is 0 Å². The number of fused-ring (bicyclic) bond motifs is 1. The second kappa shape index (κ2) is 9.51. The Morgan fingerprint density at radius 1 is 0.938 bits per heavy atom. The molecule has 3 rings (SSSR count). The SMILES string of the molecule is CC(Oc1ccc(O)cc1)C(=O)NCCNC(=O)c1ccc2c(c1)C(=O)N(C(C)C)C2=O.